The lowest BCUT2D eigenvalue weighted by Crippen LogP contribution is -2.15. The largest absolute Gasteiger partial charge is 0.490 e. The Morgan fingerprint density at radius 1 is 0.759 bits per heavy atom. The van der Waals surface area contributed by atoms with E-state index in [1.54, 1.807) is 79.9 Å². The molecule has 3 aromatic rings. The fraction of sp³-hybridized carbons (Fsp3) is 0.130. The molecule has 148 valence electrons. The third kappa shape index (κ3) is 5.67. The lowest BCUT2D eigenvalue weighted by Gasteiger charge is -2.12. The van der Waals surface area contributed by atoms with Crippen molar-refractivity contribution in [1.29, 1.82) is 0 Å². The van der Waals surface area contributed by atoms with Gasteiger partial charge in [-0.2, -0.15) is 0 Å². The molecule has 3 rings (SSSR count). The van der Waals surface area contributed by atoms with Crippen LogP contribution in [0.3, 0.4) is 0 Å². The number of ether oxygens (including phenoxy) is 2. The average Bonchev–Trinajstić information content (AvgIpc) is 2.75. The van der Waals surface area contributed by atoms with E-state index in [4.69, 9.17) is 9.47 Å². The number of carbonyl (C=O) groups excluding carboxylic acids is 2. The zero-order valence-electron chi connectivity index (χ0n) is 16.1. The van der Waals surface area contributed by atoms with Gasteiger partial charge in [0.1, 0.15) is 12.4 Å². The summed E-state index contributed by atoms with van der Waals surface area (Å²) in [7, 11) is 1.59. The monoisotopic (exact) mass is 390 g/mol. The van der Waals surface area contributed by atoms with Gasteiger partial charge in [0.25, 0.3) is 11.8 Å². The van der Waals surface area contributed by atoms with Gasteiger partial charge in [0.2, 0.25) is 0 Å². The molecule has 0 aromatic heterocycles. The van der Waals surface area contributed by atoms with Crippen LogP contribution in [0.2, 0.25) is 0 Å². The predicted octanol–water partition coefficient (Wildman–Crippen LogP) is 4.22. The number of benzene rings is 3. The Balaban J connectivity index is 1.69. The molecule has 3 aromatic carbocycles. The van der Waals surface area contributed by atoms with Gasteiger partial charge in [0.15, 0.2) is 0 Å². The van der Waals surface area contributed by atoms with E-state index < -0.39 is 0 Å². The Kier molecular flexibility index (Phi) is 6.97. The van der Waals surface area contributed by atoms with Gasteiger partial charge in [-0.15, -0.1) is 0 Å². The number of carbonyl (C=O) groups is 2. The molecule has 6 heteroatoms. The summed E-state index contributed by atoms with van der Waals surface area (Å²) < 4.78 is 10.6. The Morgan fingerprint density at radius 3 is 2.14 bits per heavy atom. The molecule has 2 N–H and O–H groups in total. The van der Waals surface area contributed by atoms with Crippen molar-refractivity contribution in [1.82, 2.24) is 0 Å². The third-order valence-electron chi connectivity index (χ3n) is 4.09. The standard InChI is InChI=1S/C23H22N2O4/c1-28-14-15-29-21-13-6-5-12-20(21)23(27)25-19-11-7-10-18(16-19)24-22(26)17-8-3-2-4-9-17/h2-13,16H,14-15H2,1H3,(H,24,26)(H,25,27). The molecule has 0 aliphatic carbocycles. The van der Waals surface area contributed by atoms with E-state index in [9.17, 15) is 9.59 Å². The van der Waals surface area contributed by atoms with E-state index in [-0.39, 0.29) is 11.8 Å². The van der Waals surface area contributed by atoms with Crippen LogP contribution in [0.4, 0.5) is 11.4 Å². The fourth-order valence-corrected chi connectivity index (χ4v) is 2.68. The summed E-state index contributed by atoms with van der Waals surface area (Å²) in [5, 5.41) is 5.67. The van der Waals surface area contributed by atoms with E-state index in [0.717, 1.165) is 0 Å². The molecule has 29 heavy (non-hydrogen) atoms. The summed E-state index contributed by atoms with van der Waals surface area (Å²) in [5.74, 6) is -0.0360. The van der Waals surface area contributed by atoms with Crippen LogP contribution in [0.5, 0.6) is 5.75 Å². The van der Waals surface area contributed by atoms with Crippen LogP contribution >= 0.6 is 0 Å². The summed E-state index contributed by atoms with van der Waals surface area (Å²) in [5.41, 5.74) is 2.13. The summed E-state index contributed by atoms with van der Waals surface area (Å²) in [4.78, 5) is 25.0. The maximum Gasteiger partial charge on any atom is 0.259 e. The quantitative estimate of drug-likeness (QED) is 0.565. The molecule has 0 atom stereocenters. The minimum Gasteiger partial charge on any atom is -0.490 e. The Hall–Kier alpha value is -3.64. The fourth-order valence-electron chi connectivity index (χ4n) is 2.68. The van der Waals surface area contributed by atoms with E-state index in [1.165, 1.54) is 0 Å². The van der Waals surface area contributed by atoms with Crippen molar-refractivity contribution in [2.45, 2.75) is 0 Å². The molecule has 0 radical (unpaired) electrons. The molecule has 0 aliphatic rings. The molecule has 0 aliphatic heterocycles. The highest BCUT2D eigenvalue weighted by atomic mass is 16.5. The molecule has 0 spiro atoms. The molecule has 0 saturated heterocycles. The lowest BCUT2D eigenvalue weighted by atomic mass is 10.1. The van der Waals surface area contributed by atoms with Crippen molar-refractivity contribution in [2.75, 3.05) is 31.0 Å². The normalized spacial score (nSPS) is 10.2. The molecule has 6 nitrogen and oxygen atoms in total. The topological polar surface area (TPSA) is 76.7 Å². The Morgan fingerprint density at radius 2 is 1.41 bits per heavy atom. The summed E-state index contributed by atoms with van der Waals surface area (Å²) >= 11 is 0. The first-order valence-corrected chi connectivity index (χ1v) is 9.16. The Bertz CT molecular complexity index is 973. The van der Waals surface area contributed by atoms with E-state index in [2.05, 4.69) is 10.6 Å². The number of rotatable bonds is 8. The first-order chi connectivity index (χ1) is 14.2. The molecular formula is C23H22N2O4. The second-order valence-electron chi connectivity index (χ2n) is 6.19. The second-order valence-corrected chi connectivity index (χ2v) is 6.19. The molecule has 0 bridgehead atoms. The molecule has 2 amide bonds. The first kappa shape index (κ1) is 20.1. The maximum atomic E-state index is 12.7. The van der Waals surface area contributed by atoms with Gasteiger partial charge in [0, 0.05) is 24.0 Å². The SMILES string of the molecule is COCCOc1ccccc1C(=O)Nc1cccc(NC(=O)c2ccccc2)c1. The highest BCUT2D eigenvalue weighted by Crippen LogP contribution is 2.21. The van der Waals surface area contributed by atoms with Gasteiger partial charge < -0.3 is 20.1 Å². The molecule has 0 unspecified atom stereocenters. The van der Waals surface area contributed by atoms with Crippen LogP contribution in [-0.2, 0) is 4.74 Å². The maximum absolute atomic E-state index is 12.7. The van der Waals surface area contributed by atoms with Gasteiger partial charge in [-0.25, -0.2) is 0 Å². The van der Waals surface area contributed by atoms with Crippen molar-refractivity contribution < 1.29 is 19.1 Å². The van der Waals surface area contributed by atoms with Crippen LogP contribution in [-0.4, -0.2) is 32.1 Å². The zero-order chi connectivity index (χ0) is 20.5. The molecule has 0 fully saturated rings. The van der Waals surface area contributed by atoms with Gasteiger partial charge in [-0.1, -0.05) is 36.4 Å². The number of methoxy groups -OCH3 is 1. The smallest absolute Gasteiger partial charge is 0.259 e. The van der Waals surface area contributed by atoms with E-state index >= 15 is 0 Å². The van der Waals surface area contributed by atoms with E-state index in [0.29, 0.717) is 41.5 Å². The number of anilines is 2. The van der Waals surface area contributed by atoms with Crippen molar-refractivity contribution >= 4 is 23.2 Å². The number of para-hydroxylation sites is 1. The number of nitrogens with one attached hydrogen (secondary N) is 2. The van der Waals surface area contributed by atoms with Crippen LogP contribution in [0, 0.1) is 0 Å². The van der Waals surface area contributed by atoms with Crippen molar-refractivity contribution in [3.63, 3.8) is 0 Å². The minimum atomic E-state index is -0.301. The van der Waals surface area contributed by atoms with Crippen LogP contribution in [0.1, 0.15) is 20.7 Å². The van der Waals surface area contributed by atoms with E-state index in [1.807, 2.05) is 6.07 Å². The lowest BCUT2D eigenvalue weighted by molar-refractivity contribution is 0.101. The summed E-state index contributed by atoms with van der Waals surface area (Å²) in [6.07, 6.45) is 0. The molecule has 0 heterocycles. The third-order valence-corrected chi connectivity index (χ3v) is 4.09. The average molecular weight is 390 g/mol. The Labute approximate surface area is 169 Å². The number of amides is 2. The predicted molar refractivity (Wildman–Crippen MR) is 113 cm³/mol. The van der Waals surface area contributed by atoms with Crippen LogP contribution in [0.25, 0.3) is 0 Å². The summed E-state index contributed by atoms with van der Waals surface area (Å²) in [6.45, 7) is 0.779. The minimum absolute atomic E-state index is 0.217. The van der Waals surface area contributed by atoms with Gasteiger partial charge in [-0.3, -0.25) is 9.59 Å². The number of hydrogen-bond acceptors (Lipinski definition) is 4. The highest BCUT2D eigenvalue weighted by molar-refractivity contribution is 6.07. The number of hydrogen-bond donors (Lipinski definition) is 2. The summed E-state index contributed by atoms with van der Waals surface area (Å²) in [6, 6.07) is 22.9. The van der Waals surface area contributed by atoms with Crippen LogP contribution < -0.4 is 15.4 Å². The van der Waals surface area contributed by atoms with Crippen molar-refractivity contribution in [3.05, 3.63) is 90.0 Å². The van der Waals surface area contributed by atoms with Crippen molar-refractivity contribution in [3.8, 4) is 5.75 Å². The molecular weight excluding hydrogens is 368 g/mol. The highest BCUT2D eigenvalue weighted by Gasteiger charge is 2.13. The van der Waals surface area contributed by atoms with Crippen LogP contribution in [0.15, 0.2) is 78.9 Å². The van der Waals surface area contributed by atoms with Gasteiger partial charge >= 0.3 is 0 Å². The zero-order valence-corrected chi connectivity index (χ0v) is 16.1. The second kappa shape index (κ2) is 10.1. The van der Waals surface area contributed by atoms with Gasteiger partial charge in [-0.05, 0) is 42.5 Å². The first-order valence-electron chi connectivity index (χ1n) is 9.16. The van der Waals surface area contributed by atoms with Crippen molar-refractivity contribution in [2.24, 2.45) is 0 Å². The molecule has 0 saturated carbocycles. The van der Waals surface area contributed by atoms with Gasteiger partial charge in [0.05, 0.1) is 12.2 Å².